The van der Waals surface area contributed by atoms with Crippen LogP contribution in [0.25, 0.3) is 27.2 Å². The SMILES string of the molecule is C=C(C)c1cc(Cc2cc3c(=O)n([C@@H]4CCCOC4)cnc3c3ccccc23)ccn1. The molecule has 1 fully saturated rings. The third-order valence-electron chi connectivity index (χ3n) is 6.06. The maximum absolute atomic E-state index is 13.5. The summed E-state index contributed by atoms with van der Waals surface area (Å²) in [5, 5.41) is 2.79. The Labute approximate surface area is 181 Å². The highest BCUT2D eigenvalue weighted by Gasteiger charge is 2.19. The predicted octanol–water partition coefficient (Wildman–Crippen LogP) is 4.92. The van der Waals surface area contributed by atoms with Crippen LogP contribution in [0.1, 0.15) is 42.6 Å². The van der Waals surface area contributed by atoms with Crippen LogP contribution in [0.2, 0.25) is 0 Å². The largest absolute Gasteiger partial charge is 0.379 e. The first kappa shape index (κ1) is 19.6. The zero-order chi connectivity index (χ0) is 21.4. The van der Waals surface area contributed by atoms with Gasteiger partial charge in [0.15, 0.2) is 0 Å². The van der Waals surface area contributed by atoms with E-state index in [1.807, 2.05) is 43.5 Å². The molecule has 0 unspecified atom stereocenters. The van der Waals surface area contributed by atoms with Crippen molar-refractivity contribution in [3.05, 3.63) is 88.7 Å². The van der Waals surface area contributed by atoms with Crippen LogP contribution in [-0.2, 0) is 11.2 Å². The van der Waals surface area contributed by atoms with Crippen LogP contribution in [0.4, 0.5) is 0 Å². The Morgan fingerprint density at radius 1 is 1.16 bits per heavy atom. The molecule has 156 valence electrons. The Hall–Kier alpha value is -3.31. The maximum Gasteiger partial charge on any atom is 0.261 e. The standard InChI is InChI=1S/C26H25N3O2/c1-17(2)24-13-18(9-10-27-24)12-19-14-23-25(22-8-4-3-7-21(19)22)28-16-29(26(23)30)20-6-5-11-31-15-20/h3-4,7-10,13-14,16,20H,1,5-6,11-12,15H2,2H3/t20-/m1/s1. The van der Waals surface area contributed by atoms with Crippen molar-refractivity contribution in [2.75, 3.05) is 13.2 Å². The lowest BCUT2D eigenvalue weighted by Crippen LogP contribution is -2.30. The number of nitrogens with zero attached hydrogens (tertiary/aromatic N) is 3. The summed E-state index contributed by atoms with van der Waals surface area (Å²) in [7, 11) is 0. The van der Waals surface area contributed by atoms with Gasteiger partial charge < -0.3 is 4.74 Å². The van der Waals surface area contributed by atoms with Crippen LogP contribution in [0, 0.1) is 0 Å². The highest BCUT2D eigenvalue weighted by atomic mass is 16.5. The van der Waals surface area contributed by atoms with Crippen molar-refractivity contribution in [2.24, 2.45) is 0 Å². The fourth-order valence-corrected chi connectivity index (χ4v) is 4.44. The first-order valence-electron chi connectivity index (χ1n) is 10.7. The van der Waals surface area contributed by atoms with Crippen molar-refractivity contribution in [1.29, 1.82) is 0 Å². The smallest absolute Gasteiger partial charge is 0.261 e. The summed E-state index contributed by atoms with van der Waals surface area (Å²) >= 11 is 0. The number of pyridine rings is 1. The second-order valence-corrected chi connectivity index (χ2v) is 8.31. The molecular weight excluding hydrogens is 386 g/mol. The van der Waals surface area contributed by atoms with Gasteiger partial charge in [0.05, 0.1) is 35.6 Å². The topological polar surface area (TPSA) is 57.0 Å². The Morgan fingerprint density at radius 3 is 2.77 bits per heavy atom. The number of rotatable bonds is 4. The molecule has 5 rings (SSSR count). The molecule has 4 aromatic rings. The van der Waals surface area contributed by atoms with Crippen molar-refractivity contribution < 1.29 is 4.74 Å². The van der Waals surface area contributed by atoms with Crippen molar-refractivity contribution in [2.45, 2.75) is 32.2 Å². The van der Waals surface area contributed by atoms with E-state index < -0.39 is 0 Å². The van der Waals surface area contributed by atoms with Gasteiger partial charge in [-0.05, 0) is 66.5 Å². The molecular formula is C26H25N3O2. The molecule has 0 spiro atoms. The van der Waals surface area contributed by atoms with Gasteiger partial charge in [0.1, 0.15) is 0 Å². The van der Waals surface area contributed by atoms with Crippen molar-refractivity contribution >= 4 is 27.2 Å². The van der Waals surface area contributed by atoms with E-state index >= 15 is 0 Å². The summed E-state index contributed by atoms with van der Waals surface area (Å²) in [5.41, 5.74) is 4.84. The molecule has 1 aliphatic rings. The van der Waals surface area contributed by atoms with Crippen molar-refractivity contribution in [3.63, 3.8) is 0 Å². The van der Waals surface area contributed by atoms with Gasteiger partial charge in [-0.1, -0.05) is 30.8 Å². The number of fused-ring (bicyclic) bond motifs is 3. The minimum Gasteiger partial charge on any atom is -0.379 e. The van der Waals surface area contributed by atoms with Crippen LogP contribution in [0.15, 0.2) is 66.4 Å². The second-order valence-electron chi connectivity index (χ2n) is 8.31. The van der Waals surface area contributed by atoms with E-state index in [4.69, 9.17) is 9.72 Å². The van der Waals surface area contributed by atoms with E-state index in [0.717, 1.165) is 58.1 Å². The molecule has 31 heavy (non-hydrogen) atoms. The van der Waals surface area contributed by atoms with E-state index in [1.165, 1.54) is 0 Å². The lowest BCUT2D eigenvalue weighted by Gasteiger charge is -2.24. The van der Waals surface area contributed by atoms with E-state index in [2.05, 4.69) is 23.7 Å². The highest BCUT2D eigenvalue weighted by Crippen LogP contribution is 2.28. The molecule has 0 bridgehead atoms. The molecule has 0 saturated carbocycles. The van der Waals surface area contributed by atoms with Crippen LogP contribution in [0.5, 0.6) is 0 Å². The predicted molar refractivity (Wildman–Crippen MR) is 124 cm³/mol. The summed E-state index contributed by atoms with van der Waals surface area (Å²) in [5.74, 6) is 0. The Balaban J connectivity index is 1.68. The first-order chi connectivity index (χ1) is 15.1. The minimum absolute atomic E-state index is 0.00450. The van der Waals surface area contributed by atoms with Gasteiger partial charge in [-0.25, -0.2) is 4.98 Å². The molecule has 5 nitrogen and oxygen atoms in total. The van der Waals surface area contributed by atoms with E-state index in [1.54, 1.807) is 10.9 Å². The lowest BCUT2D eigenvalue weighted by atomic mass is 9.95. The molecule has 2 aromatic carbocycles. The highest BCUT2D eigenvalue weighted by molar-refractivity contribution is 6.06. The molecule has 1 atom stereocenters. The van der Waals surface area contributed by atoms with Crippen LogP contribution < -0.4 is 5.56 Å². The number of benzene rings is 2. The molecule has 0 N–H and O–H groups in total. The quantitative estimate of drug-likeness (QED) is 0.447. The third-order valence-corrected chi connectivity index (χ3v) is 6.06. The number of hydrogen-bond acceptors (Lipinski definition) is 4. The molecule has 0 amide bonds. The maximum atomic E-state index is 13.5. The summed E-state index contributed by atoms with van der Waals surface area (Å²) in [6, 6.07) is 14.3. The van der Waals surface area contributed by atoms with Gasteiger partial charge >= 0.3 is 0 Å². The molecule has 2 aromatic heterocycles. The summed E-state index contributed by atoms with van der Waals surface area (Å²) in [6.45, 7) is 7.29. The van der Waals surface area contributed by atoms with Gasteiger partial charge in [0, 0.05) is 18.2 Å². The number of hydrogen-bond donors (Lipinski definition) is 0. The molecule has 0 radical (unpaired) electrons. The van der Waals surface area contributed by atoms with Crippen molar-refractivity contribution in [3.8, 4) is 0 Å². The summed E-state index contributed by atoms with van der Waals surface area (Å²) < 4.78 is 7.36. The molecule has 0 aliphatic carbocycles. The number of allylic oxidation sites excluding steroid dienone is 1. The molecule has 3 heterocycles. The fourth-order valence-electron chi connectivity index (χ4n) is 4.44. The monoisotopic (exact) mass is 411 g/mol. The summed E-state index contributed by atoms with van der Waals surface area (Å²) in [6.07, 6.45) is 6.12. The molecule has 5 heteroatoms. The molecule has 1 aliphatic heterocycles. The van der Waals surface area contributed by atoms with E-state index in [0.29, 0.717) is 18.4 Å². The van der Waals surface area contributed by atoms with Crippen LogP contribution >= 0.6 is 0 Å². The van der Waals surface area contributed by atoms with Gasteiger partial charge in [0.2, 0.25) is 0 Å². The van der Waals surface area contributed by atoms with Crippen molar-refractivity contribution in [1.82, 2.24) is 14.5 Å². The lowest BCUT2D eigenvalue weighted by molar-refractivity contribution is 0.0578. The minimum atomic E-state index is 0.00450. The Morgan fingerprint density at radius 2 is 2.00 bits per heavy atom. The fraction of sp³-hybridized carbons (Fsp3) is 0.269. The first-order valence-corrected chi connectivity index (χ1v) is 10.7. The van der Waals surface area contributed by atoms with Gasteiger partial charge in [0.25, 0.3) is 5.56 Å². The van der Waals surface area contributed by atoms with E-state index in [-0.39, 0.29) is 11.6 Å². The van der Waals surface area contributed by atoms with Crippen LogP contribution in [0.3, 0.4) is 0 Å². The van der Waals surface area contributed by atoms with Gasteiger partial charge in [-0.2, -0.15) is 0 Å². The zero-order valence-corrected chi connectivity index (χ0v) is 17.7. The zero-order valence-electron chi connectivity index (χ0n) is 17.7. The normalized spacial score (nSPS) is 16.6. The molecule has 1 saturated heterocycles. The van der Waals surface area contributed by atoms with Gasteiger partial charge in [-0.15, -0.1) is 0 Å². The number of aromatic nitrogens is 3. The summed E-state index contributed by atoms with van der Waals surface area (Å²) in [4.78, 5) is 22.6. The third kappa shape index (κ3) is 3.66. The van der Waals surface area contributed by atoms with E-state index in [9.17, 15) is 4.79 Å². The number of ether oxygens (including phenoxy) is 1. The van der Waals surface area contributed by atoms with Crippen LogP contribution in [-0.4, -0.2) is 27.7 Å². The Bertz CT molecular complexity index is 1350. The second kappa shape index (κ2) is 8.08. The average molecular weight is 412 g/mol. The Kier molecular flexibility index (Phi) is 5.12. The van der Waals surface area contributed by atoms with Gasteiger partial charge in [-0.3, -0.25) is 14.3 Å². The average Bonchev–Trinajstić information content (AvgIpc) is 2.80.